The van der Waals surface area contributed by atoms with Gasteiger partial charge in [-0.15, -0.1) is 0 Å². The first-order chi connectivity index (χ1) is 15.1. The molecule has 1 unspecified atom stereocenters. The highest BCUT2D eigenvalue weighted by Gasteiger charge is 2.21. The van der Waals surface area contributed by atoms with E-state index in [0.717, 1.165) is 51.4 Å². The van der Waals surface area contributed by atoms with Crippen molar-refractivity contribution >= 4 is 11.9 Å². The highest BCUT2D eigenvalue weighted by molar-refractivity contribution is 5.77. The quantitative estimate of drug-likeness (QED) is 0.134. The van der Waals surface area contributed by atoms with Gasteiger partial charge in [-0.3, -0.25) is 9.59 Å². The lowest BCUT2D eigenvalue weighted by Crippen LogP contribution is -2.21. The molecule has 4 nitrogen and oxygen atoms in total. The molecule has 1 rings (SSSR count). The number of carbonyl (C=O) groups excluding carboxylic acids is 2. The largest absolute Gasteiger partial charge is 0.423 e. The molecule has 0 aromatic heterocycles. The van der Waals surface area contributed by atoms with Crippen molar-refractivity contribution in [2.45, 2.75) is 117 Å². The molecule has 31 heavy (non-hydrogen) atoms. The topological polar surface area (TPSA) is 52.6 Å². The Bertz CT molecular complexity index is 611. The fraction of sp³-hybridized carbons (Fsp3) is 0.704. The highest BCUT2D eigenvalue weighted by Crippen LogP contribution is 2.29. The molecule has 0 amide bonds. The van der Waals surface area contributed by atoms with Crippen molar-refractivity contribution in [3.63, 3.8) is 0 Å². The van der Waals surface area contributed by atoms with Crippen LogP contribution in [0.3, 0.4) is 0 Å². The molecule has 4 heteroatoms. The van der Waals surface area contributed by atoms with E-state index in [0.29, 0.717) is 17.9 Å². The van der Waals surface area contributed by atoms with Crippen LogP contribution in [-0.2, 0) is 9.59 Å². The summed E-state index contributed by atoms with van der Waals surface area (Å²) < 4.78 is 11.2. The summed E-state index contributed by atoms with van der Waals surface area (Å²) in [6, 6.07) is 6.99. The Morgan fingerprint density at radius 1 is 0.677 bits per heavy atom. The van der Waals surface area contributed by atoms with Crippen LogP contribution in [-0.4, -0.2) is 11.9 Å². The van der Waals surface area contributed by atoms with Crippen molar-refractivity contribution < 1.29 is 19.1 Å². The molecule has 0 saturated heterocycles. The van der Waals surface area contributed by atoms with Crippen molar-refractivity contribution in [1.82, 2.24) is 0 Å². The second-order valence-corrected chi connectivity index (χ2v) is 8.55. The molecule has 176 valence electrons. The van der Waals surface area contributed by atoms with Gasteiger partial charge in [-0.25, -0.2) is 0 Å². The molecular weight excluding hydrogens is 388 g/mol. The number of ether oxygens (including phenoxy) is 2. The number of esters is 2. The molecule has 0 aliphatic rings. The van der Waals surface area contributed by atoms with E-state index >= 15 is 0 Å². The van der Waals surface area contributed by atoms with Crippen LogP contribution in [0.25, 0.3) is 0 Å². The van der Waals surface area contributed by atoms with Crippen LogP contribution >= 0.6 is 0 Å². The van der Waals surface area contributed by atoms with Gasteiger partial charge in [0.25, 0.3) is 0 Å². The minimum atomic E-state index is -0.264. The number of rotatable bonds is 18. The van der Waals surface area contributed by atoms with Gasteiger partial charge in [0.05, 0.1) is 5.92 Å². The van der Waals surface area contributed by atoms with E-state index in [1.807, 2.05) is 0 Å². The zero-order chi connectivity index (χ0) is 22.7. The molecule has 0 N–H and O–H groups in total. The zero-order valence-corrected chi connectivity index (χ0v) is 20.1. The molecule has 1 aromatic rings. The lowest BCUT2D eigenvalue weighted by molar-refractivity contribution is -0.140. The van der Waals surface area contributed by atoms with Crippen LogP contribution < -0.4 is 9.47 Å². The van der Waals surface area contributed by atoms with Crippen LogP contribution in [0.1, 0.15) is 117 Å². The lowest BCUT2D eigenvalue weighted by atomic mass is 9.96. The second kappa shape index (κ2) is 17.8. The van der Waals surface area contributed by atoms with E-state index in [4.69, 9.17) is 9.47 Å². The minimum Gasteiger partial charge on any atom is -0.423 e. The van der Waals surface area contributed by atoms with Crippen molar-refractivity contribution in [2.24, 2.45) is 5.92 Å². The minimum absolute atomic E-state index is 0.0986. The SMILES string of the molecule is CCCCCCCCC(=O)Oc1ccccc1OC(=O)C(CCC)CCCCCCC. The van der Waals surface area contributed by atoms with Gasteiger partial charge in [-0.05, 0) is 31.4 Å². The van der Waals surface area contributed by atoms with Crippen LogP contribution in [0.5, 0.6) is 11.5 Å². The molecule has 0 aliphatic carbocycles. The van der Waals surface area contributed by atoms with Gasteiger partial charge in [0.1, 0.15) is 0 Å². The first-order valence-corrected chi connectivity index (χ1v) is 12.6. The average Bonchev–Trinajstić information content (AvgIpc) is 2.76. The number of para-hydroxylation sites is 2. The number of carbonyl (C=O) groups is 2. The molecule has 0 heterocycles. The third kappa shape index (κ3) is 12.6. The summed E-state index contributed by atoms with van der Waals surface area (Å²) >= 11 is 0. The first-order valence-electron chi connectivity index (χ1n) is 12.6. The predicted molar refractivity (Wildman–Crippen MR) is 127 cm³/mol. The van der Waals surface area contributed by atoms with E-state index in [1.165, 1.54) is 38.5 Å². The third-order valence-corrected chi connectivity index (χ3v) is 5.64. The van der Waals surface area contributed by atoms with Crippen molar-refractivity contribution in [3.8, 4) is 11.5 Å². The molecule has 0 radical (unpaired) electrons. The normalized spacial score (nSPS) is 11.8. The van der Waals surface area contributed by atoms with Gasteiger partial charge in [0.2, 0.25) is 0 Å². The summed E-state index contributed by atoms with van der Waals surface area (Å²) in [6.07, 6.45) is 15.7. The van der Waals surface area contributed by atoms with E-state index in [2.05, 4.69) is 20.8 Å². The second-order valence-electron chi connectivity index (χ2n) is 8.55. The average molecular weight is 433 g/mol. The van der Waals surface area contributed by atoms with E-state index in [9.17, 15) is 9.59 Å². The van der Waals surface area contributed by atoms with Crippen LogP contribution in [0, 0.1) is 5.92 Å². The molecule has 0 aliphatic heterocycles. The number of unbranched alkanes of at least 4 members (excludes halogenated alkanes) is 9. The molecule has 1 atom stereocenters. The summed E-state index contributed by atoms with van der Waals surface area (Å²) in [5.74, 6) is 0.108. The van der Waals surface area contributed by atoms with E-state index in [-0.39, 0.29) is 17.9 Å². The number of benzene rings is 1. The highest BCUT2D eigenvalue weighted by atomic mass is 16.6. The van der Waals surface area contributed by atoms with Gasteiger partial charge in [-0.2, -0.15) is 0 Å². The monoisotopic (exact) mass is 432 g/mol. The first kappa shape index (κ1) is 27.2. The van der Waals surface area contributed by atoms with Gasteiger partial charge in [-0.1, -0.05) is 104 Å². The fourth-order valence-electron chi connectivity index (χ4n) is 3.76. The van der Waals surface area contributed by atoms with Crippen molar-refractivity contribution in [2.75, 3.05) is 0 Å². The van der Waals surface area contributed by atoms with Crippen LogP contribution in [0.4, 0.5) is 0 Å². The summed E-state index contributed by atoms with van der Waals surface area (Å²) in [7, 11) is 0. The number of hydrogen-bond acceptors (Lipinski definition) is 4. The maximum absolute atomic E-state index is 12.8. The summed E-state index contributed by atoms with van der Waals surface area (Å²) in [5.41, 5.74) is 0. The Hall–Kier alpha value is -1.84. The Balaban J connectivity index is 2.54. The maximum atomic E-state index is 12.8. The lowest BCUT2D eigenvalue weighted by Gasteiger charge is -2.16. The fourth-order valence-corrected chi connectivity index (χ4v) is 3.76. The Kier molecular flexibility index (Phi) is 15.6. The standard InChI is InChI=1S/C27H44O4/c1-4-7-9-11-13-15-22-26(28)30-24-20-16-17-21-25(24)31-27(29)23(18-6-3)19-14-12-10-8-5-2/h16-17,20-21,23H,4-15,18-19,22H2,1-3H3. The maximum Gasteiger partial charge on any atom is 0.314 e. The Morgan fingerprint density at radius 2 is 1.23 bits per heavy atom. The van der Waals surface area contributed by atoms with E-state index < -0.39 is 0 Å². The molecule has 0 spiro atoms. The van der Waals surface area contributed by atoms with Gasteiger partial charge < -0.3 is 9.47 Å². The number of hydrogen-bond donors (Lipinski definition) is 0. The molecule has 0 saturated carbocycles. The van der Waals surface area contributed by atoms with Crippen molar-refractivity contribution in [3.05, 3.63) is 24.3 Å². The van der Waals surface area contributed by atoms with Crippen LogP contribution in [0.15, 0.2) is 24.3 Å². The third-order valence-electron chi connectivity index (χ3n) is 5.64. The van der Waals surface area contributed by atoms with Gasteiger partial charge in [0.15, 0.2) is 11.5 Å². The van der Waals surface area contributed by atoms with Gasteiger partial charge >= 0.3 is 11.9 Å². The van der Waals surface area contributed by atoms with Crippen LogP contribution in [0.2, 0.25) is 0 Å². The Labute approximate surface area is 190 Å². The summed E-state index contributed by atoms with van der Waals surface area (Å²) in [5, 5.41) is 0. The molecule has 0 bridgehead atoms. The van der Waals surface area contributed by atoms with E-state index in [1.54, 1.807) is 24.3 Å². The molecular formula is C27H44O4. The zero-order valence-electron chi connectivity index (χ0n) is 20.1. The summed E-state index contributed by atoms with van der Waals surface area (Å²) in [6.45, 7) is 6.49. The Morgan fingerprint density at radius 3 is 1.84 bits per heavy atom. The predicted octanol–water partition coefficient (Wildman–Crippen LogP) is 8.02. The summed E-state index contributed by atoms with van der Waals surface area (Å²) in [4.78, 5) is 25.0. The molecule has 0 fully saturated rings. The molecule has 1 aromatic carbocycles. The van der Waals surface area contributed by atoms with Crippen molar-refractivity contribution in [1.29, 1.82) is 0 Å². The van der Waals surface area contributed by atoms with Gasteiger partial charge in [0, 0.05) is 6.42 Å². The smallest absolute Gasteiger partial charge is 0.314 e.